The minimum atomic E-state index is -0.255. The first-order valence-corrected chi connectivity index (χ1v) is 8.41. The highest BCUT2D eigenvalue weighted by Crippen LogP contribution is 2.35. The lowest BCUT2D eigenvalue weighted by Gasteiger charge is -2.28. The molecule has 5 nitrogen and oxygen atoms in total. The monoisotopic (exact) mass is 338 g/mol. The predicted octanol–water partition coefficient (Wildman–Crippen LogP) is 2.67. The van der Waals surface area contributed by atoms with Crippen LogP contribution in [0.15, 0.2) is 42.5 Å². The molecule has 0 saturated carbocycles. The second-order valence-corrected chi connectivity index (χ2v) is 6.31. The van der Waals surface area contributed by atoms with Crippen molar-refractivity contribution in [3.8, 4) is 5.75 Å². The number of carbonyl (C=O) groups is 2. The summed E-state index contributed by atoms with van der Waals surface area (Å²) in [6.45, 7) is 4.56. The molecule has 5 heteroatoms. The Labute approximate surface area is 147 Å². The third-order valence-corrected chi connectivity index (χ3v) is 4.26. The van der Waals surface area contributed by atoms with Gasteiger partial charge in [-0.05, 0) is 31.5 Å². The summed E-state index contributed by atoms with van der Waals surface area (Å²) in [5.74, 6) is 0.395. The van der Waals surface area contributed by atoms with Crippen molar-refractivity contribution in [2.24, 2.45) is 0 Å². The second-order valence-electron chi connectivity index (χ2n) is 6.31. The van der Waals surface area contributed by atoms with E-state index in [1.807, 2.05) is 19.9 Å². The summed E-state index contributed by atoms with van der Waals surface area (Å²) in [5.41, 5.74) is 3.76. The van der Waals surface area contributed by atoms with E-state index in [-0.39, 0.29) is 24.4 Å². The molecule has 1 atom stereocenters. The van der Waals surface area contributed by atoms with Crippen molar-refractivity contribution in [1.29, 1.82) is 0 Å². The highest BCUT2D eigenvalue weighted by molar-refractivity contribution is 5.96. The first kappa shape index (κ1) is 17.0. The van der Waals surface area contributed by atoms with Crippen LogP contribution in [0, 0.1) is 13.8 Å². The van der Waals surface area contributed by atoms with Gasteiger partial charge in [-0.1, -0.05) is 35.9 Å². The number of fused-ring (bicyclic) bond motifs is 1. The van der Waals surface area contributed by atoms with Gasteiger partial charge in [0.05, 0.1) is 19.2 Å². The fourth-order valence-corrected chi connectivity index (χ4v) is 3.12. The van der Waals surface area contributed by atoms with Gasteiger partial charge in [0.15, 0.2) is 0 Å². The molecule has 1 aliphatic heterocycles. The van der Waals surface area contributed by atoms with E-state index in [9.17, 15) is 9.59 Å². The topological polar surface area (TPSA) is 67.4 Å². The Hall–Kier alpha value is -2.82. The van der Waals surface area contributed by atoms with Crippen molar-refractivity contribution in [1.82, 2.24) is 10.6 Å². The van der Waals surface area contributed by atoms with Gasteiger partial charge in [0, 0.05) is 17.5 Å². The Balaban J connectivity index is 1.62. The maximum atomic E-state index is 12.3. The summed E-state index contributed by atoms with van der Waals surface area (Å²) in [7, 11) is 0. The van der Waals surface area contributed by atoms with Gasteiger partial charge in [-0.2, -0.15) is 0 Å². The smallest absolute Gasteiger partial charge is 0.251 e. The highest BCUT2D eigenvalue weighted by atomic mass is 16.5. The largest absolute Gasteiger partial charge is 0.493 e. The molecule has 2 aromatic rings. The number of hydrogen-bond acceptors (Lipinski definition) is 3. The van der Waals surface area contributed by atoms with E-state index in [0.29, 0.717) is 18.6 Å². The SMILES string of the molecule is Cc1cc(C)c2c(c1)[C@@H](NC(=O)CNC(=O)c1ccccc1)CCO2. The molecule has 0 spiro atoms. The van der Waals surface area contributed by atoms with Crippen molar-refractivity contribution >= 4 is 11.8 Å². The van der Waals surface area contributed by atoms with Crippen LogP contribution >= 0.6 is 0 Å². The third-order valence-electron chi connectivity index (χ3n) is 4.26. The van der Waals surface area contributed by atoms with E-state index in [4.69, 9.17) is 4.74 Å². The number of hydrogen-bond donors (Lipinski definition) is 2. The average Bonchev–Trinajstić information content (AvgIpc) is 2.61. The van der Waals surface area contributed by atoms with Crippen molar-refractivity contribution in [2.75, 3.05) is 13.2 Å². The molecule has 0 aromatic heterocycles. The second kappa shape index (κ2) is 7.38. The number of carbonyl (C=O) groups excluding carboxylic acids is 2. The van der Waals surface area contributed by atoms with Crippen molar-refractivity contribution in [2.45, 2.75) is 26.3 Å². The minimum absolute atomic E-state index is 0.0504. The molecule has 0 radical (unpaired) electrons. The quantitative estimate of drug-likeness (QED) is 0.901. The van der Waals surface area contributed by atoms with Crippen molar-refractivity contribution in [3.05, 3.63) is 64.7 Å². The summed E-state index contributed by atoms with van der Waals surface area (Å²) in [6, 6.07) is 12.9. The van der Waals surface area contributed by atoms with E-state index in [2.05, 4.69) is 22.8 Å². The fraction of sp³-hybridized carbons (Fsp3) is 0.300. The van der Waals surface area contributed by atoms with E-state index in [1.54, 1.807) is 24.3 Å². The zero-order chi connectivity index (χ0) is 17.8. The first-order valence-electron chi connectivity index (χ1n) is 8.41. The molecule has 0 saturated heterocycles. The number of benzene rings is 2. The third kappa shape index (κ3) is 3.99. The van der Waals surface area contributed by atoms with Gasteiger partial charge in [0.1, 0.15) is 5.75 Å². The van der Waals surface area contributed by atoms with Crippen LogP contribution in [-0.4, -0.2) is 25.0 Å². The van der Waals surface area contributed by atoms with Gasteiger partial charge in [0.2, 0.25) is 5.91 Å². The average molecular weight is 338 g/mol. The highest BCUT2D eigenvalue weighted by Gasteiger charge is 2.24. The minimum Gasteiger partial charge on any atom is -0.493 e. The molecule has 25 heavy (non-hydrogen) atoms. The van der Waals surface area contributed by atoms with Crippen LogP contribution < -0.4 is 15.4 Å². The Morgan fingerprint density at radius 2 is 1.92 bits per heavy atom. The lowest BCUT2D eigenvalue weighted by molar-refractivity contribution is -0.121. The molecule has 2 aromatic carbocycles. The normalized spacial score (nSPS) is 15.7. The number of nitrogens with one attached hydrogen (secondary N) is 2. The molecule has 0 aliphatic carbocycles. The zero-order valence-electron chi connectivity index (χ0n) is 14.5. The van der Waals surface area contributed by atoms with E-state index in [1.165, 1.54) is 0 Å². The van der Waals surface area contributed by atoms with Crippen molar-refractivity contribution in [3.63, 3.8) is 0 Å². The van der Waals surface area contributed by atoms with Crippen LogP contribution in [0.4, 0.5) is 0 Å². The lowest BCUT2D eigenvalue weighted by Crippen LogP contribution is -2.40. The number of rotatable bonds is 4. The zero-order valence-corrected chi connectivity index (χ0v) is 14.5. The number of aryl methyl sites for hydroxylation is 2. The first-order chi connectivity index (χ1) is 12.0. The maximum Gasteiger partial charge on any atom is 0.251 e. The summed E-state index contributed by atoms with van der Waals surface area (Å²) >= 11 is 0. The Morgan fingerprint density at radius 3 is 2.68 bits per heavy atom. The van der Waals surface area contributed by atoms with Crippen LogP contribution in [0.5, 0.6) is 5.75 Å². The summed E-state index contributed by atoms with van der Waals surface area (Å²) in [5, 5.41) is 5.66. The molecule has 0 bridgehead atoms. The van der Waals surface area contributed by atoms with Crippen molar-refractivity contribution < 1.29 is 14.3 Å². The lowest BCUT2D eigenvalue weighted by atomic mass is 9.95. The number of ether oxygens (including phenoxy) is 1. The Kier molecular flexibility index (Phi) is 5.03. The molecular weight excluding hydrogens is 316 g/mol. The van der Waals surface area contributed by atoms with Crippen LogP contribution in [0.3, 0.4) is 0 Å². The van der Waals surface area contributed by atoms with Crippen LogP contribution in [0.1, 0.15) is 39.5 Å². The van der Waals surface area contributed by atoms with Gasteiger partial charge in [-0.25, -0.2) is 0 Å². The standard InChI is InChI=1S/C20H22N2O3/c1-13-10-14(2)19-16(11-13)17(8-9-25-19)22-18(23)12-21-20(24)15-6-4-3-5-7-15/h3-7,10-11,17H,8-9,12H2,1-2H3,(H,21,24)(H,22,23)/t17-/m0/s1. The molecule has 1 heterocycles. The maximum absolute atomic E-state index is 12.3. The Morgan fingerprint density at radius 1 is 1.16 bits per heavy atom. The number of amides is 2. The van der Waals surface area contributed by atoms with Gasteiger partial charge >= 0.3 is 0 Å². The molecule has 2 amide bonds. The van der Waals surface area contributed by atoms with Crippen LogP contribution in [0.2, 0.25) is 0 Å². The summed E-state index contributed by atoms with van der Waals surface area (Å²) in [4.78, 5) is 24.3. The molecular formula is C20H22N2O3. The van der Waals surface area contributed by atoms with Crippen LogP contribution in [-0.2, 0) is 4.79 Å². The summed E-state index contributed by atoms with van der Waals surface area (Å²) in [6.07, 6.45) is 0.717. The van der Waals surface area contributed by atoms with E-state index >= 15 is 0 Å². The van der Waals surface area contributed by atoms with Gasteiger partial charge in [-0.15, -0.1) is 0 Å². The summed E-state index contributed by atoms with van der Waals surface area (Å²) < 4.78 is 5.76. The van der Waals surface area contributed by atoms with Gasteiger partial charge in [-0.3, -0.25) is 9.59 Å². The van der Waals surface area contributed by atoms with E-state index < -0.39 is 0 Å². The van der Waals surface area contributed by atoms with Crippen LogP contribution in [0.25, 0.3) is 0 Å². The fourth-order valence-electron chi connectivity index (χ4n) is 3.12. The molecule has 0 unspecified atom stereocenters. The van der Waals surface area contributed by atoms with Gasteiger partial charge < -0.3 is 15.4 Å². The predicted molar refractivity (Wildman–Crippen MR) is 95.7 cm³/mol. The molecule has 0 fully saturated rings. The Bertz CT molecular complexity index is 787. The van der Waals surface area contributed by atoms with E-state index in [0.717, 1.165) is 22.4 Å². The molecule has 2 N–H and O–H groups in total. The van der Waals surface area contributed by atoms with Gasteiger partial charge in [0.25, 0.3) is 5.91 Å². The molecule has 3 rings (SSSR count). The molecule has 1 aliphatic rings. The molecule has 130 valence electrons.